The molecule has 12 atom stereocenters. The number of carboxylic acids is 2. The fourth-order valence-corrected chi connectivity index (χ4v) is 13.4. The van der Waals surface area contributed by atoms with Crippen LogP contribution in [0.15, 0.2) is 63.8 Å². The minimum Gasteiger partial charge on any atom is -0.508 e. The Kier molecular flexibility index (Phi) is 13.6. The molecule has 2 aromatic rings. The van der Waals surface area contributed by atoms with Crippen LogP contribution in [0.2, 0.25) is 0 Å². The monoisotopic (exact) mass is 925 g/mol. The number of hydrogen-bond donors (Lipinski definition) is 9. The van der Waals surface area contributed by atoms with E-state index in [4.69, 9.17) is 16.6 Å². The molecule has 354 valence electrons. The van der Waals surface area contributed by atoms with Crippen LogP contribution in [0.25, 0.3) is 33.4 Å². The number of rotatable bonds is 14. The lowest BCUT2D eigenvalue weighted by Crippen LogP contribution is -2.64. The number of benzene rings is 3. The molecule has 5 aliphatic carbocycles. The number of carboxylic acid groups (broad SMARTS) is 2. The van der Waals surface area contributed by atoms with Crippen molar-refractivity contribution in [3.8, 4) is 28.2 Å². The molecule has 14 nitrogen and oxygen atoms in total. The smallest absolute Gasteiger partial charge is 0.336 e. The summed E-state index contributed by atoms with van der Waals surface area (Å²) in [7, 11) is 0. The number of nitrogens with one attached hydrogen (secondary N) is 3. The van der Waals surface area contributed by atoms with Gasteiger partial charge in [0.2, 0.25) is 5.91 Å². The number of carbonyl (C=O) groups excluding carboxylic acids is 1. The Hall–Kier alpha value is -5.09. The number of aliphatic carboxylic acids is 1. The van der Waals surface area contributed by atoms with E-state index in [1.807, 2.05) is 0 Å². The fourth-order valence-electron chi connectivity index (χ4n) is 13.2. The zero-order valence-electron chi connectivity index (χ0n) is 37.8. The first-order valence-electron chi connectivity index (χ1n) is 23.6. The largest absolute Gasteiger partial charge is 0.508 e. The molecule has 4 saturated carbocycles. The lowest BCUT2D eigenvalue weighted by atomic mass is 9.40. The standard InChI is InChI=1S/C51H63N3O11S/c1-26(32-14-15-37-46(32)39(58)25-42-50(2)18-17-31(57)20-27(50)21-43(59)51(37,42)3)7-16-44(60)54-38(48(63)64)6-4-5-19-52-49(66)53-28-8-11-33(36(22-28)47(61)62)45-34-12-9-29(55)23-40(34)65-41-24-30(56)10-13-35(41)45/h8-13,22-24,26-27,31-32,37-39,42-43,46,55,57-59H,4-7,14-21,25H2,1-3H3,(H,54,60)(H,61,62)(H,63,64)(H2,52,53,66)/t26-,27+,31-,32-,37?,38?,39+,42-,43-,46-,50+,51+/m1/s1. The molecule has 9 N–H and O–H groups in total. The van der Waals surface area contributed by atoms with Gasteiger partial charge in [-0.2, -0.15) is 0 Å². The Morgan fingerprint density at radius 2 is 1.68 bits per heavy atom. The number of phenolic OH excluding ortho intramolecular Hbond substituents is 1. The summed E-state index contributed by atoms with van der Waals surface area (Å²) in [4.78, 5) is 50.2. The molecule has 15 heteroatoms. The second kappa shape index (κ2) is 18.9. The summed E-state index contributed by atoms with van der Waals surface area (Å²) >= 11 is 5.49. The van der Waals surface area contributed by atoms with Gasteiger partial charge in [-0.05, 0) is 166 Å². The Morgan fingerprint density at radius 3 is 2.44 bits per heavy atom. The highest BCUT2D eigenvalue weighted by molar-refractivity contribution is 7.80. The van der Waals surface area contributed by atoms with Gasteiger partial charge in [0, 0.05) is 52.7 Å². The zero-order chi connectivity index (χ0) is 47.2. The van der Waals surface area contributed by atoms with Gasteiger partial charge in [0.1, 0.15) is 23.1 Å². The molecule has 0 radical (unpaired) electrons. The van der Waals surface area contributed by atoms with Crippen molar-refractivity contribution in [3.63, 3.8) is 0 Å². The molecule has 8 rings (SSSR count). The van der Waals surface area contributed by atoms with Gasteiger partial charge in [-0.25, -0.2) is 9.59 Å². The van der Waals surface area contributed by atoms with E-state index < -0.39 is 30.2 Å². The first kappa shape index (κ1) is 47.4. The lowest BCUT2D eigenvalue weighted by Gasteiger charge is -2.66. The molecule has 0 aromatic heterocycles. The lowest BCUT2D eigenvalue weighted by molar-refractivity contribution is -0.229. The molecule has 4 fully saturated rings. The molecule has 0 bridgehead atoms. The maximum absolute atomic E-state index is 13.2. The van der Waals surface area contributed by atoms with Gasteiger partial charge in [-0.15, -0.1) is 0 Å². The molecule has 0 spiro atoms. The summed E-state index contributed by atoms with van der Waals surface area (Å²) in [6, 6.07) is 12.5. The number of amides is 1. The maximum atomic E-state index is 13.2. The van der Waals surface area contributed by atoms with Gasteiger partial charge < -0.3 is 51.0 Å². The summed E-state index contributed by atoms with van der Waals surface area (Å²) in [6.07, 6.45) is 6.23. The van der Waals surface area contributed by atoms with E-state index >= 15 is 0 Å². The highest BCUT2D eigenvalue weighted by Crippen LogP contribution is 2.69. The Labute approximate surface area is 389 Å². The third-order valence-corrected chi connectivity index (χ3v) is 16.9. The normalized spacial score (nSPS) is 30.1. The van der Waals surface area contributed by atoms with Gasteiger partial charge in [0.25, 0.3) is 0 Å². The molecular weight excluding hydrogens is 863 g/mol. The van der Waals surface area contributed by atoms with Crippen LogP contribution in [0.5, 0.6) is 5.75 Å². The highest BCUT2D eigenvalue weighted by atomic mass is 32.1. The molecule has 2 aromatic carbocycles. The van der Waals surface area contributed by atoms with Crippen molar-refractivity contribution >= 4 is 51.8 Å². The van der Waals surface area contributed by atoms with Crippen LogP contribution in [0.4, 0.5) is 5.69 Å². The number of fused-ring (bicyclic) bond motifs is 7. The Morgan fingerprint density at radius 1 is 0.909 bits per heavy atom. The van der Waals surface area contributed by atoms with Crippen LogP contribution in [0.3, 0.4) is 0 Å². The van der Waals surface area contributed by atoms with E-state index in [1.165, 1.54) is 30.3 Å². The molecule has 6 aliphatic rings. The number of carbonyl (C=O) groups is 3. The van der Waals surface area contributed by atoms with Crippen LogP contribution in [0.1, 0.15) is 108 Å². The Balaban J connectivity index is 0.811. The van der Waals surface area contributed by atoms with Gasteiger partial charge in [-0.1, -0.05) is 26.8 Å². The second-order valence-electron chi connectivity index (χ2n) is 20.3. The fraction of sp³-hybridized carbons (Fsp3) is 0.549. The number of phenols is 1. The number of aromatic hydroxyl groups is 1. The van der Waals surface area contributed by atoms with E-state index in [9.17, 15) is 49.8 Å². The van der Waals surface area contributed by atoms with E-state index in [0.29, 0.717) is 72.8 Å². The summed E-state index contributed by atoms with van der Waals surface area (Å²) in [5.74, 6) is -1.49. The van der Waals surface area contributed by atoms with E-state index in [2.05, 4.69) is 36.7 Å². The summed E-state index contributed by atoms with van der Waals surface area (Å²) in [5, 5.41) is 74.0. The number of aromatic carboxylic acids is 1. The summed E-state index contributed by atoms with van der Waals surface area (Å²) in [5.41, 5.74) is 1.43. The number of aliphatic hydroxyl groups is 3. The van der Waals surface area contributed by atoms with E-state index in [-0.39, 0.29) is 104 Å². The Bertz CT molecular complexity index is 2530. The van der Waals surface area contributed by atoms with Crippen molar-refractivity contribution < 1.29 is 49.4 Å². The van der Waals surface area contributed by atoms with Gasteiger partial charge in [0.05, 0.1) is 23.9 Å². The van der Waals surface area contributed by atoms with Gasteiger partial charge >= 0.3 is 11.9 Å². The van der Waals surface area contributed by atoms with Crippen molar-refractivity contribution in [3.05, 3.63) is 70.4 Å². The van der Waals surface area contributed by atoms with Crippen LogP contribution in [-0.4, -0.2) is 84.5 Å². The maximum Gasteiger partial charge on any atom is 0.336 e. The van der Waals surface area contributed by atoms with Crippen molar-refractivity contribution in [2.45, 2.75) is 122 Å². The number of anilines is 1. The first-order valence-corrected chi connectivity index (χ1v) is 24.0. The topological polar surface area (TPSA) is 239 Å². The third kappa shape index (κ3) is 9.03. The van der Waals surface area contributed by atoms with E-state index in [0.717, 1.165) is 25.7 Å². The average Bonchev–Trinajstić information content (AvgIpc) is 3.73. The second-order valence-corrected chi connectivity index (χ2v) is 20.7. The molecular formula is C51H63N3O11S. The van der Waals surface area contributed by atoms with Crippen molar-refractivity contribution in [2.75, 3.05) is 11.9 Å². The molecule has 2 unspecified atom stereocenters. The third-order valence-electron chi connectivity index (χ3n) is 16.6. The molecule has 0 saturated heterocycles. The highest BCUT2D eigenvalue weighted by Gasteiger charge is 2.67. The van der Waals surface area contributed by atoms with Crippen molar-refractivity contribution in [2.24, 2.45) is 46.3 Å². The number of thiocarbonyl (C=S) groups is 1. The molecule has 1 heterocycles. The summed E-state index contributed by atoms with van der Waals surface area (Å²) < 4.78 is 5.91. The molecule has 66 heavy (non-hydrogen) atoms. The van der Waals surface area contributed by atoms with Crippen LogP contribution in [0, 0.1) is 46.3 Å². The van der Waals surface area contributed by atoms with Gasteiger partial charge in [-0.3, -0.25) is 9.59 Å². The molecule has 1 aliphatic heterocycles. The minimum absolute atomic E-state index is 0.0257. The first-order chi connectivity index (χ1) is 31.4. The average molecular weight is 926 g/mol. The SMILES string of the molecule is C[C@H](CCC(=O)NC(CCCCNC(=S)Nc1ccc(-c2c3ccc(=O)cc-3oc3cc(O)ccc23)c(C(=O)O)c1)C(=O)O)[C@H]1CCC2[C@@H]1[C@@H](O)C[C@@H]1[C@@]3(C)CC[C@@H](O)C[C@H]3C[C@@H](O)[C@@]21C. The van der Waals surface area contributed by atoms with Crippen LogP contribution in [-0.2, 0) is 9.59 Å². The quantitative estimate of drug-likeness (QED) is 0.0341. The number of hydrogen-bond acceptors (Lipinski definition) is 10. The predicted octanol–water partition coefficient (Wildman–Crippen LogP) is 7.37. The van der Waals surface area contributed by atoms with Crippen LogP contribution < -0.4 is 21.4 Å². The predicted molar refractivity (Wildman–Crippen MR) is 253 cm³/mol. The molecule has 1 amide bonds. The van der Waals surface area contributed by atoms with E-state index in [1.54, 1.807) is 24.3 Å². The van der Waals surface area contributed by atoms with Crippen LogP contribution >= 0.6 is 12.2 Å². The number of aliphatic hydroxyl groups excluding tert-OH is 3. The van der Waals surface area contributed by atoms with Crippen molar-refractivity contribution in [1.29, 1.82) is 0 Å². The zero-order valence-corrected chi connectivity index (χ0v) is 38.6. The summed E-state index contributed by atoms with van der Waals surface area (Å²) in [6.45, 7) is 7.10. The van der Waals surface area contributed by atoms with Crippen molar-refractivity contribution in [1.82, 2.24) is 10.6 Å². The minimum atomic E-state index is -1.20. The number of unbranched alkanes of at least 4 members (excludes halogenated alkanes) is 1. The van der Waals surface area contributed by atoms with Gasteiger partial charge in [0.15, 0.2) is 10.5 Å².